The van der Waals surface area contributed by atoms with Gasteiger partial charge in [0, 0.05) is 31.8 Å². The molecule has 3 rings (SSSR count). The Morgan fingerprint density at radius 2 is 0.846 bits per heavy atom. The molecular formula is C23H31N2Pd-3. The van der Waals surface area contributed by atoms with Gasteiger partial charge in [0.05, 0.1) is 0 Å². The number of nitrogens with zero attached hydrogens (tertiary/aromatic N) is 2. The van der Waals surface area contributed by atoms with Crippen molar-refractivity contribution in [2.24, 2.45) is 0 Å². The summed E-state index contributed by atoms with van der Waals surface area (Å²) in [5, 5.41) is 0. The van der Waals surface area contributed by atoms with Crippen molar-refractivity contribution in [1.82, 2.24) is 0 Å². The van der Waals surface area contributed by atoms with E-state index in [1.165, 1.54) is 44.8 Å². The van der Waals surface area contributed by atoms with E-state index in [1.807, 2.05) is 0 Å². The van der Waals surface area contributed by atoms with Crippen molar-refractivity contribution in [3.8, 4) is 0 Å². The molecule has 0 N–H and O–H groups in total. The Balaban J connectivity index is 0.00000208. The molecule has 0 atom stereocenters. The van der Waals surface area contributed by atoms with E-state index in [9.17, 15) is 0 Å². The summed E-state index contributed by atoms with van der Waals surface area (Å²) in [5.74, 6) is 0. The van der Waals surface area contributed by atoms with Gasteiger partial charge in [-0.15, -0.1) is 6.67 Å². The van der Waals surface area contributed by atoms with Crippen molar-refractivity contribution >= 4 is 11.4 Å². The molecule has 1 aliphatic rings. The molecule has 146 valence electrons. The smallest absolute Gasteiger partial charge is 0.0184 e. The Morgan fingerprint density at radius 3 is 1.12 bits per heavy atom. The van der Waals surface area contributed by atoms with Crippen molar-refractivity contribution in [3.05, 3.63) is 91.6 Å². The molecule has 3 heteroatoms. The Hall–Kier alpha value is -1.56. The topological polar surface area (TPSA) is 6.48 Å². The first-order chi connectivity index (χ1) is 10.9. The zero-order valence-electron chi connectivity index (χ0n) is 17.3. The van der Waals surface area contributed by atoms with Crippen LogP contribution in [-0.4, -0.2) is 0 Å². The van der Waals surface area contributed by atoms with Crippen LogP contribution < -0.4 is 9.80 Å². The molecule has 0 bridgehead atoms. The minimum Gasteiger partial charge on any atom is -0.479 e. The summed E-state index contributed by atoms with van der Waals surface area (Å²) < 4.78 is 0. The summed E-state index contributed by atoms with van der Waals surface area (Å²) in [4.78, 5) is 4.45. The van der Waals surface area contributed by atoms with E-state index in [0.29, 0.717) is 0 Å². The number of hydrogen-bond donors (Lipinski definition) is 0. The SMILES string of the molecule is Cc1cc(C)c(N2C=CN(c3c(C)cc(C)cc3C)[CH-]2)c(C)c1.[CH3-].[CH3-].[Pd]. The summed E-state index contributed by atoms with van der Waals surface area (Å²) in [5.41, 5.74) is 10.4. The largest absolute Gasteiger partial charge is 0.479 e. The van der Waals surface area contributed by atoms with Gasteiger partial charge in [0.25, 0.3) is 0 Å². The van der Waals surface area contributed by atoms with Crippen LogP contribution >= 0.6 is 0 Å². The average Bonchev–Trinajstić information content (AvgIpc) is 2.85. The van der Waals surface area contributed by atoms with Gasteiger partial charge < -0.3 is 24.7 Å². The third-order valence-electron chi connectivity index (χ3n) is 4.42. The van der Waals surface area contributed by atoms with Gasteiger partial charge in [-0.05, 0) is 76.2 Å². The van der Waals surface area contributed by atoms with Crippen molar-refractivity contribution in [2.45, 2.75) is 41.5 Å². The van der Waals surface area contributed by atoms with Crippen LogP contribution in [0.15, 0.2) is 36.7 Å². The predicted molar refractivity (Wildman–Crippen MR) is 113 cm³/mol. The first kappa shape index (κ1) is 24.4. The van der Waals surface area contributed by atoms with Crippen molar-refractivity contribution in [1.29, 1.82) is 0 Å². The molecule has 1 heterocycles. The Morgan fingerprint density at radius 1 is 0.577 bits per heavy atom. The predicted octanol–water partition coefficient (Wildman–Crippen LogP) is 6.35. The number of aryl methyl sites for hydroxylation is 6. The fourth-order valence-corrected chi connectivity index (χ4v) is 3.78. The van der Waals surface area contributed by atoms with Gasteiger partial charge in [-0.2, -0.15) is 0 Å². The maximum atomic E-state index is 2.25. The second kappa shape index (κ2) is 9.40. The molecular weight excluding hydrogens is 411 g/mol. The molecule has 1 aliphatic heterocycles. The van der Waals surface area contributed by atoms with E-state index in [0.717, 1.165) is 0 Å². The fourth-order valence-electron chi connectivity index (χ4n) is 3.78. The van der Waals surface area contributed by atoms with Crippen molar-refractivity contribution in [2.75, 3.05) is 9.80 Å². The Bertz CT molecular complexity index is 681. The van der Waals surface area contributed by atoms with E-state index in [4.69, 9.17) is 0 Å². The Kier molecular flexibility index (Phi) is 8.84. The molecule has 0 unspecified atom stereocenters. The number of hydrogen-bond acceptors (Lipinski definition) is 2. The van der Waals surface area contributed by atoms with Gasteiger partial charge in [-0.3, -0.25) is 0 Å². The molecule has 2 aromatic rings. The van der Waals surface area contributed by atoms with Crippen LogP contribution in [0, 0.1) is 63.1 Å². The van der Waals surface area contributed by atoms with Gasteiger partial charge in [0.1, 0.15) is 0 Å². The molecule has 0 fully saturated rings. The monoisotopic (exact) mass is 441 g/mol. The molecule has 0 saturated heterocycles. The zero-order chi connectivity index (χ0) is 16.7. The van der Waals surface area contributed by atoms with Crippen molar-refractivity contribution in [3.63, 3.8) is 0 Å². The van der Waals surface area contributed by atoms with E-state index < -0.39 is 0 Å². The molecule has 0 radical (unpaired) electrons. The third kappa shape index (κ3) is 4.58. The molecule has 0 aromatic heterocycles. The van der Waals surface area contributed by atoms with Crippen LogP contribution in [0.2, 0.25) is 0 Å². The maximum Gasteiger partial charge on any atom is 0.0184 e. The third-order valence-corrected chi connectivity index (χ3v) is 4.42. The van der Waals surface area contributed by atoms with Crippen LogP contribution in [0.25, 0.3) is 0 Å². The van der Waals surface area contributed by atoms with Crippen LogP contribution in [0.1, 0.15) is 33.4 Å². The number of benzene rings is 2. The van der Waals surface area contributed by atoms with Gasteiger partial charge in [-0.1, -0.05) is 35.4 Å². The maximum absolute atomic E-state index is 2.25. The molecule has 0 spiro atoms. The van der Waals surface area contributed by atoms with Crippen LogP contribution in [0.4, 0.5) is 11.4 Å². The van der Waals surface area contributed by atoms with Gasteiger partial charge in [0.2, 0.25) is 0 Å². The summed E-state index contributed by atoms with van der Waals surface area (Å²) in [7, 11) is 0. The van der Waals surface area contributed by atoms with Crippen LogP contribution in [-0.2, 0) is 20.4 Å². The van der Waals surface area contributed by atoms with Gasteiger partial charge >= 0.3 is 0 Å². The first-order valence-electron chi connectivity index (χ1n) is 8.12. The summed E-state index contributed by atoms with van der Waals surface area (Å²) in [6.45, 7) is 15.2. The quantitative estimate of drug-likeness (QED) is 0.395. The molecule has 0 amide bonds. The molecule has 26 heavy (non-hydrogen) atoms. The second-order valence-electron chi connectivity index (χ2n) is 6.72. The molecule has 2 nitrogen and oxygen atoms in total. The summed E-state index contributed by atoms with van der Waals surface area (Å²) in [6, 6.07) is 8.98. The number of rotatable bonds is 2. The standard InChI is InChI=1S/C21H25N2.2CH3.Pd/c1-14-9-16(3)20(17(4)10-14)22-7-8-23(13-22)21-18(5)11-15(2)12-19(21)6;;;/h7-13H,1-6H3;2*1H3;/q3*-1;. The van der Waals surface area contributed by atoms with Crippen molar-refractivity contribution < 1.29 is 20.4 Å². The van der Waals surface area contributed by atoms with E-state index in [1.54, 1.807) is 0 Å². The average molecular weight is 442 g/mol. The van der Waals surface area contributed by atoms with Crippen LogP contribution in [0.5, 0.6) is 0 Å². The van der Waals surface area contributed by atoms with E-state index >= 15 is 0 Å². The fraction of sp³-hybridized carbons (Fsp3) is 0.261. The van der Waals surface area contributed by atoms with Gasteiger partial charge in [-0.25, -0.2) is 0 Å². The van der Waals surface area contributed by atoms with E-state index in [2.05, 4.69) is 94.7 Å². The normalized spacial score (nSPS) is 12.4. The van der Waals surface area contributed by atoms with E-state index in [-0.39, 0.29) is 35.3 Å². The zero-order valence-corrected chi connectivity index (χ0v) is 18.8. The molecule has 0 aliphatic carbocycles. The summed E-state index contributed by atoms with van der Waals surface area (Å²) >= 11 is 0. The van der Waals surface area contributed by atoms with Gasteiger partial charge in [0.15, 0.2) is 0 Å². The minimum absolute atomic E-state index is 0. The first-order valence-corrected chi connectivity index (χ1v) is 8.12. The minimum atomic E-state index is 0. The molecule has 2 aromatic carbocycles. The molecule has 0 saturated carbocycles. The van der Waals surface area contributed by atoms with Crippen LogP contribution in [0.3, 0.4) is 0 Å². The number of anilines is 2. The Labute approximate surface area is 174 Å². The summed E-state index contributed by atoms with van der Waals surface area (Å²) in [6.07, 6.45) is 4.28. The second-order valence-corrected chi connectivity index (χ2v) is 6.72.